The van der Waals surface area contributed by atoms with E-state index in [1.807, 2.05) is 0 Å². The summed E-state index contributed by atoms with van der Waals surface area (Å²) in [6.07, 6.45) is 0. The summed E-state index contributed by atoms with van der Waals surface area (Å²) in [5.41, 5.74) is -0.550. The van der Waals surface area contributed by atoms with E-state index < -0.39 is 11.8 Å². The Balaban J connectivity index is 2.52. The fourth-order valence-corrected chi connectivity index (χ4v) is 1.86. The van der Waals surface area contributed by atoms with Crippen LogP contribution in [0, 0.1) is 17.1 Å². The molecular weight excluding hydrogens is 285 g/mol. The quantitative estimate of drug-likeness (QED) is 0.932. The standard InChI is InChI=1S/C14H7ClFNO3/c15-9-3-1-6-12(13(9)14(18)19)20-11-5-2-4-10(16)8(11)7-17/h1-6H,(H,18,19). The number of hydrogen-bond donors (Lipinski definition) is 1. The van der Waals surface area contributed by atoms with Crippen LogP contribution in [-0.4, -0.2) is 11.1 Å². The van der Waals surface area contributed by atoms with Gasteiger partial charge in [0.1, 0.15) is 34.5 Å². The van der Waals surface area contributed by atoms with Crippen LogP contribution in [0.4, 0.5) is 4.39 Å². The molecule has 0 aliphatic rings. The number of hydrogen-bond acceptors (Lipinski definition) is 3. The molecule has 1 N–H and O–H groups in total. The normalized spacial score (nSPS) is 9.85. The molecule has 100 valence electrons. The third kappa shape index (κ3) is 2.56. The zero-order valence-electron chi connectivity index (χ0n) is 9.93. The van der Waals surface area contributed by atoms with Crippen molar-refractivity contribution in [2.45, 2.75) is 0 Å². The van der Waals surface area contributed by atoms with Gasteiger partial charge in [-0.2, -0.15) is 5.26 Å². The van der Waals surface area contributed by atoms with Crippen molar-refractivity contribution >= 4 is 17.6 Å². The highest BCUT2D eigenvalue weighted by Crippen LogP contribution is 2.32. The first-order chi connectivity index (χ1) is 9.54. The molecular formula is C14H7ClFNO3. The van der Waals surface area contributed by atoms with Gasteiger partial charge in [0.2, 0.25) is 0 Å². The Labute approximate surface area is 118 Å². The van der Waals surface area contributed by atoms with E-state index in [1.165, 1.54) is 30.3 Å². The van der Waals surface area contributed by atoms with Crippen molar-refractivity contribution in [2.24, 2.45) is 0 Å². The lowest BCUT2D eigenvalue weighted by Crippen LogP contribution is -2.02. The van der Waals surface area contributed by atoms with Crippen LogP contribution >= 0.6 is 11.6 Å². The van der Waals surface area contributed by atoms with Crippen LogP contribution in [0.25, 0.3) is 0 Å². The van der Waals surface area contributed by atoms with E-state index >= 15 is 0 Å². The van der Waals surface area contributed by atoms with Gasteiger partial charge in [0.15, 0.2) is 0 Å². The molecule has 0 unspecified atom stereocenters. The van der Waals surface area contributed by atoms with Gasteiger partial charge >= 0.3 is 5.97 Å². The Morgan fingerprint density at radius 2 is 1.90 bits per heavy atom. The van der Waals surface area contributed by atoms with Crippen molar-refractivity contribution in [1.82, 2.24) is 0 Å². The van der Waals surface area contributed by atoms with Gasteiger partial charge in [0.05, 0.1) is 5.02 Å². The Bertz CT molecular complexity index is 725. The summed E-state index contributed by atoms with van der Waals surface area (Å²) in [7, 11) is 0. The molecule has 4 nitrogen and oxygen atoms in total. The third-order valence-electron chi connectivity index (χ3n) is 2.50. The van der Waals surface area contributed by atoms with Gasteiger partial charge in [-0.05, 0) is 24.3 Å². The van der Waals surface area contributed by atoms with Crippen molar-refractivity contribution in [3.63, 3.8) is 0 Å². The summed E-state index contributed by atoms with van der Waals surface area (Å²) in [5, 5.41) is 18.0. The molecule has 2 rings (SSSR count). The highest BCUT2D eigenvalue weighted by molar-refractivity contribution is 6.33. The molecule has 0 aromatic heterocycles. The van der Waals surface area contributed by atoms with E-state index in [-0.39, 0.29) is 27.6 Å². The van der Waals surface area contributed by atoms with E-state index in [2.05, 4.69) is 0 Å². The van der Waals surface area contributed by atoms with Crippen LogP contribution in [-0.2, 0) is 0 Å². The van der Waals surface area contributed by atoms with Gasteiger partial charge in [-0.3, -0.25) is 0 Å². The molecule has 0 amide bonds. The summed E-state index contributed by atoms with van der Waals surface area (Å²) in [6, 6.07) is 9.78. The molecule has 0 aliphatic carbocycles. The molecule has 0 heterocycles. The third-order valence-corrected chi connectivity index (χ3v) is 2.81. The van der Waals surface area contributed by atoms with Crippen molar-refractivity contribution in [3.05, 3.63) is 58.4 Å². The zero-order chi connectivity index (χ0) is 14.7. The highest BCUT2D eigenvalue weighted by Gasteiger charge is 2.18. The Morgan fingerprint density at radius 1 is 1.25 bits per heavy atom. The number of nitrogens with zero attached hydrogens (tertiary/aromatic N) is 1. The number of rotatable bonds is 3. The molecule has 0 saturated carbocycles. The summed E-state index contributed by atoms with van der Waals surface area (Å²) in [6.45, 7) is 0. The molecule has 0 spiro atoms. The van der Waals surface area contributed by atoms with Crippen molar-refractivity contribution in [1.29, 1.82) is 5.26 Å². The predicted molar refractivity (Wildman–Crippen MR) is 69.6 cm³/mol. The molecule has 0 atom stereocenters. The van der Waals surface area contributed by atoms with Crippen LogP contribution < -0.4 is 4.74 Å². The Kier molecular flexibility index (Phi) is 3.87. The van der Waals surface area contributed by atoms with Crippen LogP contribution in [0.5, 0.6) is 11.5 Å². The van der Waals surface area contributed by atoms with Crippen molar-refractivity contribution < 1.29 is 19.0 Å². The lowest BCUT2D eigenvalue weighted by Gasteiger charge is -2.11. The number of benzene rings is 2. The molecule has 2 aromatic carbocycles. The molecule has 0 radical (unpaired) electrons. The summed E-state index contributed by atoms with van der Waals surface area (Å²) in [5.74, 6) is -2.16. The van der Waals surface area contributed by atoms with E-state index in [0.29, 0.717) is 0 Å². The number of carboxylic acids is 1. The molecule has 6 heteroatoms. The van der Waals surface area contributed by atoms with E-state index in [4.69, 9.17) is 26.7 Å². The molecule has 0 aliphatic heterocycles. The van der Waals surface area contributed by atoms with E-state index in [9.17, 15) is 9.18 Å². The first-order valence-corrected chi connectivity index (χ1v) is 5.80. The Morgan fingerprint density at radius 3 is 2.55 bits per heavy atom. The molecule has 2 aromatic rings. The number of carboxylic acid groups (broad SMARTS) is 1. The maximum absolute atomic E-state index is 13.4. The largest absolute Gasteiger partial charge is 0.478 e. The Hall–Kier alpha value is -2.58. The second-order valence-corrected chi connectivity index (χ2v) is 4.15. The van der Waals surface area contributed by atoms with E-state index in [0.717, 1.165) is 6.07 Å². The second kappa shape index (κ2) is 5.59. The maximum Gasteiger partial charge on any atom is 0.341 e. The fourth-order valence-electron chi connectivity index (χ4n) is 1.61. The van der Waals surface area contributed by atoms with Crippen LogP contribution in [0.2, 0.25) is 5.02 Å². The van der Waals surface area contributed by atoms with Crippen LogP contribution in [0.3, 0.4) is 0 Å². The predicted octanol–water partition coefficient (Wildman–Crippen LogP) is 3.84. The molecule has 20 heavy (non-hydrogen) atoms. The van der Waals surface area contributed by atoms with Gasteiger partial charge in [-0.25, -0.2) is 9.18 Å². The number of nitriles is 1. The topological polar surface area (TPSA) is 70.3 Å². The molecule has 0 fully saturated rings. The van der Waals surface area contributed by atoms with Gasteiger partial charge in [0, 0.05) is 0 Å². The first-order valence-electron chi connectivity index (χ1n) is 5.43. The van der Waals surface area contributed by atoms with Gasteiger partial charge in [-0.15, -0.1) is 0 Å². The summed E-state index contributed by atoms with van der Waals surface area (Å²) < 4.78 is 18.8. The highest BCUT2D eigenvalue weighted by atomic mass is 35.5. The molecule has 0 bridgehead atoms. The van der Waals surface area contributed by atoms with Gasteiger partial charge in [-0.1, -0.05) is 23.7 Å². The molecule has 0 saturated heterocycles. The maximum atomic E-state index is 13.4. The van der Waals surface area contributed by atoms with Gasteiger partial charge in [0.25, 0.3) is 0 Å². The minimum absolute atomic E-state index is 0.00934. The minimum atomic E-state index is -1.28. The van der Waals surface area contributed by atoms with Crippen molar-refractivity contribution in [2.75, 3.05) is 0 Å². The van der Waals surface area contributed by atoms with Crippen molar-refractivity contribution in [3.8, 4) is 17.6 Å². The zero-order valence-corrected chi connectivity index (χ0v) is 10.7. The van der Waals surface area contributed by atoms with Gasteiger partial charge < -0.3 is 9.84 Å². The minimum Gasteiger partial charge on any atom is -0.478 e. The number of ether oxygens (including phenoxy) is 1. The smallest absolute Gasteiger partial charge is 0.341 e. The lowest BCUT2D eigenvalue weighted by molar-refractivity contribution is 0.0694. The monoisotopic (exact) mass is 291 g/mol. The average molecular weight is 292 g/mol. The van der Waals surface area contributed by atoms with E-state index in [1.54, 1.807) is 6.07 Å². The number of carbonyl (C=O) groups is 1. The van der Waals surface area contributed by atoms with Crippen LogP contribution in [0.15, 0.2) is 36.4 Å². The fraction of sp³-hybridized carbons (Fsp3) is 0. The number of aromatic carboxylic acids is 1. The second-order valence-electron chi connectivity index (χ2n) is 3.74. The summed E-state index contributed by atoms with van der Waals surface area (Å²) >= 11 is 5.80. The lowest BCUT2D eigenvalue weighted by atomic mass is 10.2. The SMILES string of the molecule is N#Cc1c(F)cccc1Oc1cccc(Cl)c1C(=O)O. The average Bonchev–Trinajstić information content (AvgIpc) is 2.38. The first kappa shape index (κ1) is 13.8. The summed E-state index contributed by atoms with van der Waals surface area (Å²) in [4.78, 5) is 11.2. The van der Waals surface area contributed by atoms with Crippen LogP contribution in [0.1, 0.15) is 15.9 Å². The number of halogens is 2.